The van der Waals surface area contributed by atoms with Gasteiger partial charge < -0.3 is 18.6 Å². The van der Waals surface area contributed by atoms with Crippen LogP contribution in [0.1, 0.15) is 116 Å². The van der Waals surface area contributed by atoms with E-state index in [2.05, 4.69) is 264 Å². The monoisotopic (exact) mass is 945 g/mol. The SMILES string of the molecule is Cc1ccc(C(C)(C)C)cc1N(c1ccccc1)c1ccc2cc3c(cc2c1)oc1c(C(C)(C)C)c2c(oc4cc5cc(N(c6ccccc6)c6cc(C(C)(C)C)ccc6C)ccc5cc42)c(C(C)(C)C)c13. The van der Waals surface area contributed by atoms with Crippen molar-refractivity contribution < 1.29 is 8.83 Å². The molecule has 2 aromatic heterocycles. The molecule has 0 N–H and O–H groups in total. The third kappa shape index (κ3) is 8.00. The Morgan fingerprint density at radius 1 is 0.333 bits per heavy atom. The number of hydrogen-bond acceptors (Lipinski definition) is 4. The molecule has 0 fully saturated rings. The molecule has 0 atom stereocenters. The Morgan fingerprint density at radius 3 is 1.06 bits per heavy atom. The zero-order chi connectivity index (χ0) is 50.8. The van der Waals surface area contributed by atoms with E-state index in [4.69, 9.17) is 8.83 Å². The lowest BCUT2D eigenvalue weighted by atomic mass is 9.77. The molecule has 0 saturated carbocycles. The molecule has 0 unspecified atom stereocenters. The summed E-state index contributed by atoms with van der Waals surface area (Å²) in [4.78, 5) is 4.80. The maximum atomic E-state index is 7.31. The summed E-state index contributed by atoms with van der Waals surface area (Å²) in [6.07, 6.45) is 0. The maximum Gasteiger partial charge on any atom is 0.140 e. The van der Waals surface area contributed by atoms with E-state index in [1.54, 1.807) is 0 Å². The number of hydrogen-bond donors (Lipinski definition) is 0. The minimum Gasteiger partial charge on any atom is -0.456 e. The highest BCUT2D eigenvalue weighted by molar-refractivity contribution is 6.23. The molecular weight excluding hydrogens is 877 g/mol. The molecule has 11 aromatic rings. The summed E-state index contributed by atoms with van der Waals surface area (Å²) in [6.45, 7) is 32.0. The van der Waals surface area contributed by atoms with Crippen LogP contribution < -0.4 is 9.80 Å². The van der Waals surface area contributed by atoms with Gasteiger partial charge in [-0.2, -0.15) is 0 Å². The fourth-order valence-electron chi connectivity index (χ4n) is 11.1. The minimum absolute atomic E-state index is 0.00851. The van der Waals surface area contributed by atoms with Crippen molar-refractivity contribution in [2.75, 3.05) is 9.80 Å². The number of rotatable bonds is 6. The predicted octanol–water partition coefficient (Wildman–Crippen LogP) is 20.5. The van der Waals surface area contributed by atoms with Crippen LogP contribution in [0.3, 0.4) is 0 Å². The van der Waals surface area contributed by atoms with Crippen molar-refractivity contribution >= 4 is 99.5 Å². The summed E-state index contributed by atoms with van der Waals surface area (Å²) in [7, 11) is 0. The average molecular weight is 945 g/mol. The van der Waals surface area contributed by atoms with Crippen molar-refractivity contribution in [3.8, 4) is 0 Å². The van der Waals surface area contributed by atoms with Crippen LogP contribution in [0.2, 0.25) is 0 Å². The Morgan fingerprint density at radius 2 is 0.708 bits per heavy atom. The first kappa shape index (κ1) is 47.0. The lowest BCUT2D eigenvalue weighted by Crippen LogP contribution is -2.16. The largest absolute Gasteiger partial charge is 0.456 e. The third-order valence-corrected chi connectivity index (χ3v) is 14.9. The second-order valence-electron chi connectivity index (χ2n) is 24.5. The van der Waals surface area contributed by atoms with Crippen LogP contribution >= 0.6 is 0 Å². The van der Waals surface area contributed by atoms with Gasteiger partial charge in [0.25, 0.3) is 0 Å². The smallest absolute Gasteiger partial charge is 0.140 e. The molecule has 4 nitrogen and oxygen atoms in total. The molecule has 0 saturated heterocycles. The molecule has 11 rings (SSSR count). The van der Waals surface area contributed by atoms with Crippen LogP contribution in [0.15, 0.2) is 167 Å². The molecule has 0 amide bonds. The summed E-state index contributed by atoms with van der Waals surface area (Å²) >= 11 is 0. The van der Waals surface area contributed by atoms with Crippen LogP contribution in [0, 0.1) is 13.8 Å². The lowest BCUT2D eigenvalue weighted by molar-refractivity contribution is 0.564. The van der Waals surface area contributed by atoms with Gasteiger partial charge in [-0.1, -0.05) is 156 Å². The number of benzene rings is 9. The van der Waals surface area contributed by atoms with Crippen LogP contribution in [0.4, 0.5) is 34.1 Å². The lowest BCUT2D eigenvalue weighted by Gasteiger charge is -2.29. The van der Waals surface area contributed by atoms with Gasteiger partial charge >= 0.3 is 0 Å². The van der Waals surface area contributed by atoms with Crippen molar-refractivity contribution in [3.63, 3.8) is 0 Å². The molecule has 0 radical (unpaired) electrons. The summed E-state index contributed by atoms with van der Waals surface area (Å²) < 4.78 is 14.6. The van der Waals surface area contributed by atoms with Crippen molar-refractivity contribution in [2.24, 2.45) is 0 Å². The van der Waals surface area contributed by atoms with E-state index < -0.39 is 0 Å². The van der Waals surface area contributed by atoms with E-state index in [1.807, 2.05) is 0 Å². The van der Waals surface area contributed by atoms with Crippen LogP contribution in [-0.4, -0.2) is 0 Å². The number of anilines is 6. The zero-order valence-electron chi connectivity index (χ0n) is 44.7. The van der Waals surface area contributed by atoms with Gasteiger partial charge in [0.05, 0.1) is 0 Å². The van der Waals surface area contributed by atoms with Crippen LogP contribution in [0.25, 0.3) is 65.4 Å². The zero-order valence-corrected chi connectivity index (χ0v) is 44.7. The molecular formula is C68H68N2O2. The van der Waals surface area contributed by atoms with Crippen molar-refractivity contribution in [3.05, 3.63) is 191 Å². The maximum absolute atomic E-state index is 7.31. The van der Waals surface area contributed by atoms with Gasteiger partial charge in [0.1, 0.15) is 22.3 Å². The molecule has 0 aliphatic rings. The van der Waals surface area contributed by atoms with Crippen molar-refractivity contribution in [2.45, 2.75) is 119 Å². The van der Waals surface area contributed by atoms with Gasteiger partial charge in [-0.3, -0.25) is 0 Å². The quantitative estimate of drug-likeness (QED) is 0.166. The number of aryl methyl sites for hydroxylation is 2. The summed E-state index contributed by atoms with van der Waals surface area (Å²) in [6, 6.07) is 58.2. The van der Waals surface area contributed by atoms with Gasteiger partial charge in [-0.05, 0) is 164 Å². The molecule has 2 heterocycles. The topological polar surface area (TPSA) is 32.8 Å². The number of nitrogens with zero attached hydrogens (tertiary/aromatic N) is 2. The van der Waals surface area contributed by atoms with E-state index in [-0.39, 0.29) is 21.7 Å². The van der Waals surface area contributed by atoms with Gasteiger partial charge in [0.15, 0.2) is 0 Å². The molecule has 0 aliphatic heterocycles. The first-order valence-corrected chi connectivity index (χ1v) is 25.7. The summed E-state index contributed by atoms with van der Waals surface area (Å²) in [5, 5.41) is 9.07. The van der Waals surface area contributed by atoms with Gasteiger partial charge in [-0.15, -0.1) is 0 Å². The Kier molecular flexibility index (Phi) is 10.9. The Balaban J connectivity index is 1.12. The molecule has 0 aliphatic carbocycles. The number of furan rings is 2. The van der Waals surface area contributed by atoms with Crippen LogP contribution in [-0.2, 0) is 21.7 Å². The molecule has 72 heavy (non-hydrogen) atoms. The van der Waals surface area contributed by atoms with Crippen LogP contribution in [0.5, 0.6) is 0 Å². The second kappa shape index (κ2) is 16.6. The normalized spacial score (nSPS) is 12.9. The Hall–Kier alpha value is -7.30. The first-order chi connectivity index (χ1) is 34.0. The highest BCUT2D eigenvalue weighted by Crippen LogP contribution is 2.52. The highest BCUT2D eigenvalue weighted by atomic mass is 16.3. The van der Waals surface area contributed by atoms with E-state index in [0.717, 1.165) is 88.2 Å². The molecule has 9 aromatic carbocycles. The Bertz CT molecular complexity index is 3660. The molecule has 362 valence electrons. The third-order valence-electron chi connectivity index (χ3n) is 14.9. The van der Waals surface area contributed by atoms with Gasteiger partial charge in [0, 0.05) is 66.8 Å². The Labute approximate surface area is 425 Å². The number of fused-ring (bicyclic) bond motifs is 8. The van der Waals surface area contributed by atoms with E-state index >= 15 is 0 Å². The van der Waals surface area contributed by atoms with Gasteiger partial charge in [0.2, 0.25) is 0 Å². The van der Waals surface area contributed by atoms with E-state index in [9.17, 15) is 0 Å². The van der Waals surface area contributed by atoms with Gasteiger partial charge in [-0.25, -0.2) is 0 Å². The fraction of sp³-hybridized carbons (Fsp3) is 0.265. The standard InChI is InChI=1S/C68H68N2O2/c1-41-25-29-47(65(3,4)5)39-55(41)69(49-21-17-15-18-22-49)51-31-27-43-35-53-57(37-45(43)33-51)71-63-59(53)61(67(9,10)11)64-60(62(63)68(12,13)14)54-36-44-28-32-52(34-46(44)38-58(54)72-64)70(50-23-19-16-20-24-50)56-40-48(66(6,7)8)30-26-42(56)2/h15-40H,1-14H3. The fourth-order valence-corrected chi connectivity index (χ4v) is 11.1. The molecule has 0 spiro atoms. The molecule has 4 heteroatoms. The minimum atomic E-state index is -0.283. The summed E-state index contributed by atoms with van der Waals surface area (Å²) in [5.74, 6) is 0. The van der Waals surface area contributed by atoms with Crippen molar-refractivity contribution in [1.29, 1.82) is 0 Å². The first-order valence-electron chi connectivity index (χ1n) is 25.7. The average Bonchev–Trinajstić information content (AvgIpc) is 3.86. The molecule has 0 bridgehead atoms. The number of para-hydroxylation sites is 2. The predicted molar refractivity (Wildman–Crippen MR) is 310 cm³/mol. The highest BCUT2D eigenvalue weighted by Gasteiger charge is 2.35. The second-order valence-corrected chi connectivity index (χ2v) is 24.5. The summed E-state index contributed by atoms with van der Waals surface area (Å²) in [5.41, 5.74) is 17.3. The van der Waals surface area contributed by atoms with Crippen molar-refractivity contribution in [1.82, 2.24) is 0 Å². The van der Waals surface area contributed by atoms with E-state index in [0.29, 0.717) is 0 Å². The van der Waals surface area contributed by atoms with E-state index in [1.165, 1.54) is 44.8 Å².